The Morgan fingerprint density at radius 1 is 0.453 bits per heavy atom. The molecule has 0 amide bonds. The average Bonchev–Trinajstić information content (AvgIpc) is 1.42. The molecule has 0 radical (unpaired) electrons. The summed E-state index contributed by atoms with van der Waals surface area (Å²) in [4.78, 5) is 79.3. The van der Waals surface area contributed by atoms with Gasteiger partial charge in [-0.05, 0) is 193 Å². The number of hydrogen-bond donors (Lipinski definition) is 6. The number of piperazine rings is 4. The summed E-state index contributed by atoms with van der Waals surface area (Å²) < 4.78 is 29.5. The fourth-order valence-corrected chi connectivity index (χ4v) is 24.4. The Labute approximate surface area is 911 Å². The third-order valence-corrected chi connectivity index (χ3v) is 32.5. The van der Waals surface area contributed by atoms with Crippen LogP contribution in [0.3, 0.4) is 0 Å². The minimum atomic E-state index is -3.81. The Bertz CT molecular complexity index is 6290. The lowest BCUT2D eigenvalue weighted by Crippen LogP contribution is -2.58. The quantitative estimate of drug-likeness (QED) is 0.00773. The molecular weight excluding hydrogens is 2150 g/mol. The standard InChI is InChI=1S/C27H36Cl2N10O3S.C24H31Cl2N7O3.C24H28Cl2N6O2.C17H25ClN4O2.C8H5BrClN/c1-3-20-16-38(27-23(29)13-19(14-32-27)33-26-25(31-2)35-43(41,42)36-26)10-11-39(20)21-6-8-37(9-7-21)15-17-4-5-18(28)12-22(17)24(30)34-40;1-2-18-15-31(24-22(26)12-20(13-28-24)33(35)36)9-10-32(18)19-5-7-30(8-6-19)14-16-3-4-17(25)11-21(16)23(27)29-34;1-2-20-16-30(24-23(26)12-22(14-28-24)32(33)34)9-10-31(20)21-5-7-29(8-6-21)15-17-3-4-19(25)11-18(17)13-27;1-2-13-12-20(8-9-21(13)14-6-4-3-5-7-14)17-16(18)10-15(11-19-17)22(23)24;9-4-6-1-2-8(10)3-7(6)5-11/h4-5,12-14,20-21,40H,3,6-11,15-16H2,1-2H3,(H2,30,34)(H,31,35)(H,33,36);3-4,11-13,18-19,34H,2,5-10,14-15H2,1H3,(H2,27,29);3-4,11-12,14,20-21H,2,5-10,15-16H2,1H3;10-11,13-14H,2-9,12H2,1H3;1-3H,4H2/t20-;18-;20-;13-;/m0000./s1. The van der Waals surface area contributed by atoms with Gasteiger partial charge in [0.25, 0.3) is 17.1 Å². The van der Waals surface area contributed by atoms with E-state index in [1.165, 1.54) is 75.9 Å². The highest BCUT2D eigenvalue weighted by Crippen LogP contribution is 2.39. The number of halogens is 9. The normalized spacial score (nSPS) is 20.8. The zero-order valence-electron chi connectivity index (χ0n) is 83.2. The van der Waals surface area contributed by atoms with E-state index >= 15 is 0 Å². The lowest BCUT2D eigenvalue weighted by Gasteiger charge is -2.47. The molecule has 148 heavy (non-hydrogen) atoms. The Balaban J connectivity index is 0.000000161. The van der Waals surface area contributed by atoms with E-state index in [2.05, 4.69) is 159 Å². The van der Waals surface area contributed by atoms with Crippen molar-refractivity contribution in [3.8, 4) is 12.1 Å². The van der Waals surface area contributed by atoms with E-state index in [0.29, 0.717) is 158 Å². The number of amidine groups is 4. The maximum atomic E-state index is 11.8. The summed E-state index contributed by atoms with van der Waals surface area (Å²) >= 11 is 52.9. The maximum absolute atomic E-state index is 11.8. The van der Waals surface area contributed by atoms with Gasteiger partial charge < -0.3 is 46.8 Å². The summed E-state index contributed by atoms with van der Waals surface area (Å²) in [6.07, 6.45) is 22.7. The molecule has 794 valence electrons. The summed E-state index contributed by atoms with van der Waals surface area (Å²) in [5.74, 6) is 2.95. The molecule has 4 atom stereocenters. The number of alkyl halides is 1. The fraction of sp³-hybridized carbons (Fsp3) is 0.500. The molecule has 8 aliphatic heterocycles. The minimum absolute atomic E-state index is 0.0587. The summed E-state index contributed by atoms with van der Waals surface area (Å²) in [5.41, 5.74) is 18.6. The Morgan fingerprint density at radius 2 is 0.764 bits per heavy atom. The van der Waals surface area contributed by atoms with Crippen LogP contribution in [-0.2, 0) is 35.2 Å². The molecule has 0 spiro atoms. The van der Waals surface area contributed by atoms with Crippen LogP contribution >= 0.6 is 109 Å². The van der Waals surface area contributed by atoms with Crippen LogP contribution in [0.1, 0.15) is 169 Å². The molecule has 38 nitrogen and oxygen atoms in total. The van der Waals surface area contributed by atoms with Crippen LogP contribution in [0, 0.1) is 53.0 Å². The summed E-state index contributed by atoms with van der Waals surface area (Å²) in [5, 5.41) is 83.0. The highest BCUT2D eigenvalue weighted by molar-refractivity contribution is 9.08. The number of oxime groups is 2. The highest BCUT2D eigenvalue weighted by atomic mass is 79.9. The van der Waals surface area contributed by atoms with Crippen molar-refractivity contribution in [2.45, 2.75) is 197 Å². The first-order valence-corrected chi connectivity index (χ1v) is 55.3. The molecule has 4 aromatic carbocycles. The van der Waals surface area contributed by atoms with Crippen molar-refractivity contribution in [1.29, 1.82) is 10.5 Å². The van der Waals surface area contributed by atoms with Crippen molar-refractivity contribution in [3.05, 3.63) is 237 Å². The van der Waals surface area contributed by atoms with Crippen molar-refractivity contribution >= 4 is 188 Å². The highest BCUT2D eigenvalue weighted by Gasteiger charge is 2.41. The number of nitrogens with zero attached hydrogens (tertiary/aromatic N) is 24. The first-order valence-electron chi connectivity index (χ1n) is 49.8. The van der Waals surface area contributed by atoms with Crippen LogP contribution in [0.2, 0.25) is 40.2 Å². The number of aromatic nitrogens is 4. The van der Waals surface area contributed by atoms with Crippen LogP contribution in [0.25, 0.3) is 0 Å². The van der Waals surface area contributed by atoms with E-state index in [4.69, 9.17) is 115 Å². The third-order valence-electron chi connectivity index (χ3n) is 29.0. The first-order chi connectivity index (χ1) is 71.2. The van der Waals surface area contributed by atoms with Gasteiger partial charge in [-0.15, -0.1) is 4.40 Å². The number of likely N-dealkylation sites (tertiary alicyclic amines) is 3. The lowest BCUT2D eigenvalue weighted by atomic mass is 9.92. The van der Waals surface area contributed by atoms with Gasteiger partial charge in [-0.25, -0.2) is 24.7 Å². The number of nitrogens with one attached hydrogen (secondary N) is 2. The van der Waals surface area contributed by atoms with Gasteiger partial charge in [0.1, 0.15) is 41.9 Å². The van der Waals surface area contributed by atoms with E-state index in [9.17, 15) is 49.2 Å². The van der Waals surface area contributed by atoms with Gasteiger partial charge in [-0.2, -0.15) is 18.9 Å². The molecule has 12 heterocycles. The number of piperidine rings is 3. The van der Waals surface area contributed by atoms with Gasteiger partial charge >= 0.3 is 10.2 Å². The molecule has 1 aliphatic carbocycles. The molecule has 8 fully saturated rings. The number of nitro groups is 3. The van der Waals surface area contributed by atoms with Crippen LogP contribution in [-0.4, -0.2) is 284 Å². The number of rotatable bonds is 25. The summed E-state index contributed by atoms with van der Waals surface area (Å²) in [6, 6.07) is 35.8. The molecule has 9 aliphatic rings. The molecule has 8 aromatic rings. The lowest BCUT2D eigenvalue weighted by molar-refractivity contribution is -0.385. The predicted octanol–water partition coefficient (Wildman–Crippen LogP) is 18.4. The number of anilines is 5. The average molecular weight is 2270 g/mol. The molecule has 0 bridgehead atoms. The van der Waals surface area contributed by atoms with E-state index in [0.717, 1.165) is 211 Å². The second kappa shape index (κ2) is 54.7. The molecular formula is C100H125BrCl8N28O10S. The Morgan fingerprint density at radius 3 is 1.07 bits per heavy atom. The number of benzene rings is 4. The van der Waals surface area contributed by atoms with Gasteiger partial charge in [-0.1, -0.05) is 190 Å². The predicted molar refractivity (Wildman–Crippen MR) is 590 cm³/mol. The van der Waals surface area contributed by atoms with Gasteiger partial charge in [0, 0.05) is 208 Å². The number of nitrogens with two attached hydrogens (primary N) is 2. The number of nitriles is 2. The molecule has 7 saturated heterocycles. The van der Waals surface area contributed by atoms with Gasteiger partial charge in [0.05, 0.1) is 70.0 Å². The van der Waals surface area contributed by atoms with E-state index < -0.39 is 25.0 Å². The zero-order valence-corrected chi connectivity index (χ0v) is 91.6. The number of hydrogen-bond acceptors (Lipinski definition) is 31. The second-order valence-electron chi connectivity index (χ2n) is 37.8. The van der Waals surface area contributed by atoms with Crippen LogP contribution in [0.15, 0.2) is 142 Å². The molecule has 4 aromatic heterocycles. The van der Waals surface area contributed by atoms with Crippen molar-refractivity contribution < 1.29 is 33.6 Å². The number of aliphatic imine (C=N–C) groups is 1. The SMILES string of the molecule is CC[C@H]1CN(c2ncc(NC3=NS(=O)(=O)NC3=NC)cc2Cl)CCN1C1CCN(Cc2ccc(Cl)cc2C(N)=NO)CC1.CC[C@H]1CN(c2ncc([N+](=O)[O-])cc2Cl)CCN1C1CCCCC1.CC[C@H]1CN(c2ncc([N+](=O)[O-])cc2Cl)CCN1C1CCN(Cc2ccc(Cl)cc2C#N)CC1.CC[C@H]1CN(c2ncc([N+](=O)[O-])cc2Cl)CCN1C1CCN(Cc2ccc(Cl)cc2C(N)=NO)CC1.N#Cc1cc(Cl)ccc1CBr. The van der Waals surface area contributed by atoms with E-state index in [1.807, 2.05) is 42.5 Å². The molecule has 1 saturated carbocycles. The van der Waals surface area contributed by atoms with Crippen LogP contribution in [0.5, 0.6) is 0 Å². The zero-order chi connectivity index (χ0) is 106. The monoisotopic (exact) mass is 2270 g/mol. The molecule has 48 heteroatoms. The van der Waals surface area contributed by atoms with E-state index in [1.54, 1.807) is 42.6 Å². The molecule has 8 N–H and O–H groups in total. The van der Waals surface area contributed by atoms with Crippen LogP contribution < -0.4 is 41.1 Å². The topological polar surface area (TPSA) is 464 Å². The Kier molecular flexibility index (Phi) is 42.5. The Hall–Kier alpha value is -10.2. The maximum Gasteiger partial charge on any atom is 0.345 e. The minimum Gasteiger partial charge on any atom is -0.409 e. The first kappa shape index (κ1) is 115. The van der Waals surface area contributed by atoms with Gasteiger partial charge in [0.15, 0.2) is 23.3 Å². The largest absolute Gasteiger partial charge is 0.409 e. The van der Waals surface area contributed by atoms with Gasteiger partial charge in [0.2, 0.25) is 0 Å². The van der Waals surface area contributed by atoms with Crippen molar-refractivity contribution in [2.24, 2.45) is 31.2 Å². The third kappa shape index (κ3) is 30.2. The summed E-state index contributed by atoms with van der Waals surface area (Å²) in [7, 11) is -2.33. The van der Waals surface area contributed by atoms with Crippen LogP contribution in [0.4, 0.5) is 46.0 Å². The van der Waals surface area contributed by atoms with E-state index in [-0.39, 0.29) is 40.4 Å². The second-order valence-corrected chi connectivity index (χ2v) is 43.1. The number of pyridine rings is 4. The summed E-state index contributed by atoms with van der Waals surface area (Å²) in [6.45, 7) is 27.1. The molecule has 0 unspecified atom stereocenters. The molecule has 17 rings (SSSR count). The van der Waals surface area contributed by atoms with Crippen molar-refractivity contribution in [1.82, 2.24) is 59.0 Å². The van der Waals surface area contributed by atoms with Crippen molar-refractivity contribution in [2.75, 3.05) is 150 Å². The van der Waals surface area contributed by atoms with Crippen molar-refractivity contribution in [3.63, 3.8) is 0 Å². The van der Waals surface area contributed by atoms with Gasteiger partial charge in [-0.3, -0.25) is 69.6 Å². The smallest absolute Gasteiger partial charge is 0.345 e. The fourth-order valence-electron chi connectivity index (χ4n) is 21.2.